The van der Waals surface area contributed by atoms with Crippen molar-refractivity contribution in [3.05, 3.63) is 71.1 Å². The van der Waals surface area contributed by atoms with Crippen molar-refractivity contribution in [2.75, 3.05) is 5.32 Å². The molecule has 26 heavy (non-hydrogen) atoms. The average molecular weight is 345 g/mol. The van der Waals surface area contributed by atoms with Gasteiger partial charge in [-0.2, -0.15) is 0 Å². The molecule has 3 aromatic rings. The molecule has 0 spiro atoms. The molecule has 0 radical (unpaired) electrons. The highest BCUT2D eigenvalue weighted by Gasteiger charge is 2.11. The van der Waals surface area contributed by atoms with Crippen LogP contribution in [0.3, 0.4) is 0 Å². The summed E-state index contributed by atoms with van der Waals surface area (Å²) < 4.78 is 0. The van der Waals surface area contributed by atoms with Gasteiger partial charge in [0.15, 0.2) is 5.78 Å². The maximum Gasteiger partial charge on any atom is 0.255 e. The molecule has 1 N–H and O–H groups in total. The van der Waals surface area contributed by atoms with Crippen molar-refractivity contribution in [2.24, 2.45) is 0 Å². The van der Waals surface area contributed by atoms with Crippen LogP contribution in [0.1, 0.15) is 45.7 Å². The first-order chi connectivity index (χ1) is 12.5. The van der Waals surface area contributed by atoms with E-state index in [1.807, 2.05) is 44.2 Å². The lowest BCUT2D eigenvalue weighted by atomic mass is 10.0. The lowest BCUT2D eigenvalue weighted by Gasteiger charge is -2.09. The third kappa shape index (κ3) is 3.67. The van der Waals surface area contributed by atoms with Gasteiger partial charge in [-0.3, -0.25) is 19.6 Å². The number of aryl methyl sites for hydroxylation is 1. The van der Waals surface area contributed by atoms with Crippen molar-refractivity contribution in [3.8, 4) is 0 Å². The minimum atomic E-state index is -0.198. The summed E-state index contributed by atoms with van der Waals surface area (Å²) in [6.07, 6.45) is 7.03. The summed E-state index contributed by atoms with van der Waals surface area (Å²) in [5.74, 6) is -0.258. The Kier molecular flexibility index (Phi) is 4.89. The molecule has 0 aliphatic carbocycles. The number of hydrogen-bond donors (Lipinski definition) is 1. The number of hydrogen-bond acceptors (Lipinski definition) is 4. The van der Waals surface area contributed by atoms with Gasteiger partial charge in [-0.1, -0.05) is 24.3 Å². The van der Waals surface area contributed by atoms with Crippen LogP contribution in [0.4, 0.5) is 5.69 Å². The zero-order valence-electron chi connectivity index (χ0n) is 14.9. The number of benzene rings is 1. The molecule has 2 aromatic heterocycles. The van der Waals surface area contributed by atoms with Crippen molar-refractivity contribution in [1.29, 1.82) is 0 Å². The molecule has 1 amide bonds. The largest absolute Gasteiger partial charge is 0.321 e. The first-order valence-corrected chi connectivity index (χ1v) is 8.29. The van der Waals surface area contributed by atoms with Gasteiger partial charge < -0.3 is 5.32 Å². The SMILES string of the molecule is C/C=C/c1ccc(C(=O)Nc2cnc3cc(C(C)=O)cnc3c2)c(C)c1. The van der Waals surface area contributed by atoms with Gasteiger partial charge in [0, 0.05) is 17.3 Å². The summed E-state index contributed by atoms with van der Waals surface area (Å²) in [6.45, 7) is 5.35. The number of nitrogens with zero attached hydrogens (tertiary/aromatic N) is 2. The van der Waals surface area contributed by atoms with Crippen LogP contribution in [0.5, 0.6) is 0 Å². The highest BCUT2D eigenvalue weighted by molar-refractivity contribution is 6.06. The number of rotatable bonds is 4. The van der Waals surface area contributed by atoms with E-state index in [9.17, 15) is 9.59 Å². The molecule has 0 atom stereocenters. The van der Waals surface area contributed by atoms with E-state index in [-0.39, 0.29) is 11.7 Å². The van der Waals surface area contributed by atoms with E-state index in [2.05, 4.69) is 15.3 Å². The Morgan fingerprint density at radius 1 is 1.04 bits per heavy atom. The van der Waals surface area contributed by atoms with Gasteiger partial charge in [0.2, 0.25) is 0 Å². The Hall–Kier alpha value is -3.34. The number of carbonyl (C=O) groups is 2. The van der Waals surface area contributed by atoms with Crippen LogP contribution in [0.2, 0.25) is 0 Å². The predicted octanol–water partition coefficient (Wildman–Crippen LogP) is 4.43. The molecule has 0 fully saturated rings. The highest BCUT2D eigenvalue weighted by atomic mass is 16.1. The van der Waals surface area contributed by atoms with Crippen molar-refractivity contribution in [3.63, 3.8) is 0 Å². The fourth-order valence-corrected chi connectivity index (χ4v) is 2.70. The number of fused-ring (bicyclic) bond motifs is 1. The summed E-state index contributed by atoms with van der Waals surface area (Å²) in [5, 5.41) is 2.85. The monoisotopic (exact) mass is 345 g/mol. The minimum Gasteiger partial charge on any atom is -0.321 e. The normalized spacial score (nSPS) is 11.0. The maximum absolute atomic E-state index is 12.6. The molecular formula is C21H19N3O2. The molecule has 130 valence electrons. The predicted molar refractivity (Wildman–Crippen MR) is 103 cm³/mol. The van der Waals surface area contributed by atoms with Crippen molar-refractivity contribution in [2.45, 2.75) is 20.8 Å². The number of anilines is 1. The van der Waals surface area contributed by atoms with Gasteiger partial charge in [-0.05, 0) is 50.1 Å². The van der Waals surface area contributed by atoms with E-state index in [1.54, 1.807) is 18.3 Å². The lowest BCUT2D eigenvalue weighted by molar-refractivity contribution is 0.101. The molecule has 1 aromatic carbocycles. The van der Waals surface area contributed by atoms with E-state index in [1.165, 1.54) is 13.1 Å². The molecule has 2 heterocycles. The van der Waals surface area contributed by atoms with Gasteiger partial charge in [0.25, 0.3) is 5.91 Å². The van der Waals surface area contributed by atoms with Crippen LogP contribution in [-0.2, 0) is 0 Å². The van der Waals surface area contributed by atoms with Crippen molar-refractivity contribution in [1.82, 2.24) is 9.97 Å². The van der Waals surface area contributed by atoms with Crippen LogP contribution < -0.4 is 5.32 Å². The first-order valence-electron chi connectivity index (χ1n) is 8.29. The third-order valence-corrected chi connectivity index (χ3v) is 4.05. The quantitative estimate of drug-likeness (QED) is 0.710. The molecular weight excluding hydrogens is 326 g/mol. The van der Waals surface area contributed by atoms with Gasteiger partial charge in [0.1, 0.15) is 0 Å². The molecule has 3 rings (SSSR count). The number of allylic oxidation sites excluding steroid dienone is 1. The maximum atomic E-state index is 12.6. The second-order valence-corrected chi connectivity index (χ2v) is 6.07. The van der Waals surface area contributed by atoms with E-state index in [0.717, 1.165) is 11.1 Å². The van der Waals surface area contributed by atoms with Crippen LogP contribution in [-0.4, -0.2) is 21.7 Å². The summed E-state index contributed by atoms with van der Waals surface area (Å²) >= 11 is 0. The number of pyridine rings is 2. The zero-order chi connectivity index (χ0) is 18.7. The summed E-state index contributed by atoms with van der Waals surface area (Å²) in [7, 11) is 0. The van der Waals surface area contributed by atoms with Crippen molar-refractivity contribution < 1.29 is 9.59 Å². The molecule has 0 bridgehead atoms. The molecule has 0 aliphatic heterocycles. The topological polar surface area (TPSA) is 72.0 Å². The van der Waals surface area contributed by atoms with E-state index in [0.29, 0.717) is 27.8 Å². The standard InChI is InChI=1S/C21H19N3O2/c1-4-5-15-6-7-18(13(2)8-15)21(26)24-17-10-20-19(23-12-17)9-16(11-22-20)14(3)25/h4-12H,1-3H3,(H,24,26)/b5-4+. The summed E-state index contributed by atoms with van der Waals surface area (Å²) in [5.41, 5.74) is 4.87. The Labute approximate surface area is 151 Å². The number of nitrogens with one attached hydrogen (secondary N) is 1. The van der Waals surface area contributed by atoms with Crippen LogP contribution in [0.15, 0.2) is 48.8 Å². The lowest BCUT2D eigenvalue weighted by Crippen LogP contribution is -2.13. The Balaban J connectivity index is 1.85. The number of amides is 1. The second-order valence-electron chi connectivity index (χ2n) is 6.07. The summed E-state index contributed by atoms with van der Waals surface area (Å²) in [6, 6.07) is 9.13. The fraction of sp³-hybridized carbons (Fsp3) is 0.143. The molecule has 5 nitrogen and oxygen atoms in total. The smallest absolute Gasteiger partial charge is 0.255 e. The molecule has 0 saturated carbocycles. The van der Waals surface area contributed by atoms with Crippen molar-refractivity contribution >= 4 is 34.5 Å². The fourth-order valence-electron chi connectivity index (χ4n) is 2.70. The summed E-state index contributed by atoms with van der Waals surface area (Å²) in [4.78, 5) is 32.5. The van der Waals surface area contributed by atoms with Crippen LogP contribution in [0.25, 0.3) is 17.1 Å². The van der Waals surface area contributed by atoms with Gasteiger partial charge >= 0.3 is 0 Å². The molecule has 5 heteroatoms. The molecule has 0 saturated heterocycles. The highest BCUT2D eigenvalue weighted by Crippen LogP contribution is 2.18. The first kappa shape index (κ1) is 17.5. The number of carbonyl (C=O) groups excluding carboxylic acids is 2. The molecule has 0 unspecified atom stereocenters. The Morgan fingerprint density at radius 2 is 1.77 bits per heavy atom. The minimum absolute atomic E-state index is 0.0598. The van der Waals surface area contributed by atoms with Crippen LogP contribution in [0, 0.1) is 6.92 Å². The number of ketones is 1. The number of Topliss-reactive ketones (excluding diaryl/α,β-unsaturated/α-hetero) is 1. The second kappa shape index (κ2) is 7.27. The van der Waals surface area contributed by atoms with Gasteiger partial charge in [-0.25, -0.2) is 0 Å². The van der Waals surface area contributed by atoms with E-state index >= 15 is 0 Å². The number of aromatic nitrogens is 2. The zero-order valence-corrected chi connectivity index (χ0v) is 14.9. The third-order valence-electron chi connectivity index (χ3n) is 4.05. The Bertz CT molecular complexity index is 1040. The van der Waals surface area contributed by atoms with E-state index < -0.39 is 0 Å². The van der Waals surface area contributed by atoms with Gasteiger partial charge in [0.05, 0.1) is 22.9 Å². The Morgan fingerprint density at radius 3 is 2.46 bits per heavy atom. The molecule has 0 aliphatic rings. The van der Waals surface area contributed by atoms with Crippen LogP contribution >= 0.6 is 0 Å². The average Bonchev–Trinajstić information content (AvgIpc) is 2.61. The van der Waals surface area contributed by atoms with Gasteiger partial charge in [-0.15, -0.1) is 0 Å². The van der Waals surface area contributed by atoms with E-state index in [4.69, 9.17) is 0 Å².